The van der Waals surface area contributed by atoms with Crippen molar-refractivity contribution in [2.75, 3.05) is 13.2 Å². The van der Waals surface area contributed by atoms with E-state index in [0.29, 0.717) is 23.3 Å². The molecule has 3 aliphatic heterocycles. The van der Waals surface area contributed by atoms with Gasteiger partial charge in [0, 0.05) is 28.7 Å². The number of hydrogen-bond acceptors (Lipinski definition) is 7. The van der Waals surface area contributed by atoms with Crippen LogP contribution in [0.4, 0.5) is 4.79 Å². The Morgan fingerprint density at radius 1 is 1.41 bits per heavy atom. The number of ether oxygens (including phenoxy) is 1. The van der Waals surface area contributed by atoms with Gasteiger partial charge in [0.1, 0.15) is 12.3 Å². The number of thioether (sulfide) groups is 1. The number of nitrogens with zero attached hydrogens (tertiary/aromatic N) is 2. The number of carbonyl (C=O) groups is 4. The lowest BCUT2D eigenvalue weighted by Crippen LogP contribution is -2.61. The lowest BCUT2D eigenvalue weighted by atomic mass is 9.83. The van der Waals surface area contributed by atoms with Crippen LogP contribution in [0, 0.1) is 5.92 Å². The summed E-state index contributed by atoms with van der Waals surface area (Å²) >= 11 is 1.31. The summed E-state index contributed by atoms with van der Waals surface area (Å²) in [7, 11) is 0. The van der Waals surface area contributed by atoms with Crippen LogP contribution in [0.15, 0.2) is 34.9 Å². The molecule has 0 aliphatic carbocycles. The van der Waals surface area contributed by atoms with E-state index in [2.05, 4.69) is 6.58 Å². The van der Waals surface area contributed by atoms with E-state index in [1.54, 1.807) is 13.0 Å². The molecule has 5 atom stereocenters. The third-order valence-corrected chi connectivity index (χ3v) is 7.21. The number of amides is 3. The first-order chi connectivity index (χ1) is 15.1. The van der Waals surface area contributed by atoms with E-state index in [1.165, 1.54) is 34.6 Å². The highest BCUT2D eigenvalue weighted by Crippen LogP contribution is 2.49. The molecule has 2 fully saturated rings. The molecule has 0 aromatic carbocycles. The summed E-state index contributed by atoms with van der Waals surface area (Å²) in [5.74, 6) is -2.81. The van der Waals surface area contributed by atoms with Gasteiger partial charge >= 0.3 is 12.1 Å². The molecule has 0 aromatic heterocycles. The zero-order chi connectivity index (χ0) is 23.7. The molecule has 0 spiro atoms. The Morgan fingerprint density at radius 2 is 2.09 bits per heavy atom. The van der Waals surface area contributed by atoms with Gasteiger partial charge in [0.15, 0.2) is 0 Å². The van der Waals surface area contributed by atoms with Crippen molar-refractivity contribution in [1.82, 2.24) is 9.80 Å². The van der Waals surface area contributed by atoms with Crippen LogP contribution >= 0.6 is 11.8 Å². The zero-order valence-electron chi connectivity index (χ0n) is 17.9. The summed E-state index contributed by atoms with van der Waals surface area (Å²) in [6.45, 7) is 6.90. The molecule has 0 bridgehead atoms. The van der Waals surface area contributed by atoms with Crippen molar-refractivity contribution in [1.29, 1.82) is 0 Å². The van der Waals surface area contributed by atoms with Crippen molar-refractivity contribution >= 4 is 35.6 Å². The first-order valence-electron chi connectivity index (χ1n) is 10.2. The SMILES string of the molecule is C=CCOC(=O)N1C[C@@H](SC2=C(C(=O)O)N3C(=O)[C@H]([C@@H](C)O)[C@H]3C2)C[C@H]1/C=C(\C)C(N)=O. The summed E-state index contributed by atoms with van der Waals surface area (Å²) in [5, 5.41) is 19.4. The number of aliphatic hydroxyl groups is 1. The number of aliphatic carboxylic acids is 1. The van der Waals surface area contributed by atoms with E-state index in [0.717, 1.165) is 0 Å². The minimum Gasteiger partial charge on any atom is -0.477 e. The molecule has 0 saturated carbocycles. The van der Waals surface area contributed by atoms with Gasteiger partial charge in [-0.15, -0.1) is 11.8 Å². The number of primary amides is 1. The molecule has 174 valence electrons. The maximum atomic E-state index is 12.5. The minimum atomic E-state index is -1.20. The van der Waals surface area contributed by atoms with Crippen LogP contribution in [0.3, 0.4) is 0 Å². The molecule has 0 unspecified atom stereocenters. The Kier molecular flexibility index (Phi) is 6.99. The van der Waals surface area contributed by atoms with Gasteiger partial charge < -0.3 is 30.5 Å². The molecular formula is C21H27N3O7S. The maximum Gasteiger partial charge on any atom is 0.410 e. The van der Waals surface area contributed by atoms with Gasteiger partial charge in [-0.25, -0.2) is 9.59 Å². The van der Waals surface area contributed by atoms with E-state index in [9.17, 15) is 29.4 Å². The lowest BCUT2D eigenvalue weighted by molar-refractivity contribution is -0.161. The highest BCUT2D eigenvalue weighted by Gasteiger charge is 2.57. The van der Waals surface area contributed by atoms with Crippen LogP contribution in [-0.4, -0.2) is 80.5 Å². The Hall–Kier alpha value is -2.79. The quantitative estimate of drug-likeness (QED) is 0.271. The molecule has 0 radical (unpaired) electrons. The summed E-state index contributed by atoms with van der Waals surface area (Å²) in [6.07, 6.45) is 2.41. The Balaban J connectivity index is 1.81. The average Bonchev–Trinajstić information content (AvgIpc) is 3.24. The Bertz CT molecular complexity index is 913. The largest absolute Gasteiger partial charge is 0.477 e. The van der Waals surface area contributed by atoms with Gasteiger partial charge in [0.05, 0.1) is 24.1 Å². The zero-order valence-corrected chi connectivity index (χ0v) is 18.7. The average molecular weight is 466 g/mol. The van der Waals surface area contributed by atoms with E-state index < -0.39 is 41.9 Å². The number of β-lactam (4-membered cyclic amide) rings is 1. The number of carboxylic acids is 1. The predicted molar refractivity (Wildman–Crippen MR) is 116 cm³/mol. The summed E-state index contributed by atoms with van der Waals surface area (Å²) < 4.78 is 5.15. The molecule has 3 aliphatic rings. The Labute approximate surface area is 189 Å². The molecule has 3 heterocycles. The highest BCUT2D eigenvalue weighted by atomic mass is 32.2. The highest BCUT2D eigenvalue weighted by molar-refractivity contribution is 8.03. The molecule has 2 saturated heterocycles. The number of aliphatic hydroxyl groups excluding tert-OH is 1. The first-order valence-corrected chi connectivity index (χ1v) is 11.1. The van der Waals surface area contributed by atoms with Crippen molar-refractivity contribution in [3.05, 3.63) is 34.9 Å². The topological polar surface area (TPSA) is 150 Å². The Morgan fingerprint density at radius 3 is 2.66 bits per heavy atom. The van der Waals surface area contributed by atoms with Gasteiger partial charge in [0.2, 0.25) is 11.8 Å². The van der Waals surface area contributed by atoms with E-state index in [-0.39, 0.29) is 30.1 Å². The van der Waals surface area contributed by atoms with Crippen LogP contribution < -0.4 is 5.73 Å². The normalized spacial score (nSPS) is 28.3. The summed E-state index contributed by atoms with van der Waals surface area (Å²) in [5.41, 5.74) is 5.58. The molecule has 10 nitrogen and oxygen atoms in total. The van der Waals surface area contributed by atoms with Crippen LogP contribution in [0.2, 0.25) is 0 Å². The van der Waals surface area contributed by atoms with Crippen LogP contribution in [0.1, 0.15) is 26.7 Å². The van der Waals surface area contributed by atoms with Gasteiger partial charge in [-0.05, 0) is 20.3 Å². The second kappa shape index (κ2) is 9.37. The number of hydrogen-bond donors (Lipinski definition) is 3. The second-order valence-corrected chi connectivity index (χ2v) is 9.49. The number of carboxylic acid groups (broad SMARTS) is 1. The van der Waals surface area contributed by atoms with E-state index in [4.69, 9.17) is 10.5 Å². The lowest BCUT2D eigenvalue weighted by Gasteiger charge is -2.44. The van der Waals surface area contributed by atoms with Crippen molar-refractivity contribution in [3.63, 3.8) is 0 Å². The first kappa shape index (κ1) is 23.9. The molecule has 0 aromatic rings. The van der Waals surface area contributed by atoms with Crippen LogP contribution in [-0.2, 0) is 19.1 Å². The number of rotatable bonds is 8. The third kappa shape index (κ3) is 4.40. The number of nitrogens with two attached hydrogens (primary N) is 1. The van der Waals surface area contributed by atoms with E-state index >= 15 is 0 Å². The molecular weight excluding hydrogens is 438 g/mol. The van der Waals surface area contributed by atoms with Crippen molar-refractivity contribution in [2.24, 2.45) is 11.7 Å². The molecule has 32 heavy (non-hydrogen) atoms. The predicted octanol–water partition coefficient (Wildman–Crippen LogP) is 0.824. The van der Waals surface area contributed by atoms with Crippen LogP contribution in [0.5, 0.6) is 0 Å². The van der Waals surface area contributed by atoms with Gasteiger partial charge in [-0.1, -0.05) is 18.7 Å². The molecule has 3 rings (SSSR count). The van der Waals surface area contributed by atoms with Crippen LogP contribution in [0.25, 0.3) is 0 Å². The van der Waals surface area contributed by atoms with Crippen molar-refractivity contribution in [2.45, 2.75) is 50.1 Å². The fraction of sp³-hybridized carbons (Fsp3) is 0.524. The van der Waals surface area contributed by atoms with Crippen molar-refractivity contribution < 1.29 is 34.1 Å². The number of carbonyl (C=O) groups excluding carboxylic acids is 3. The fourth-order valence-electron chi connectivity index (χ4n) is 4.40. The monoisotopic (exact) mass is 465 g/mol. The van der Waals surface area contributed by atoms with Crippen molar-refractivity contribution in [3.8, 4) is 0 Å². The standard InChI is InChI=1S/C21H27N3O7S/c1-4-5-31-21(30)23-9-13(7-12(23)6-10(2)18(22)26)32-15-8-14-16(11(3)25)19(27)24(14)17(15)20(28)29/h4,6,11-14,16,25H,1,5,7-9H2,2-3H3,(H2,22,26)(H,28,29)/b10-6+/t11-,12-,13+,14-,16-/m1/s1. The van der Waals surface area contributed by atoms with E-state index in [1.807, 2.05) is 0 Å². The fourth-order valence-corrected chi connectivity index (χ4v) is 5.90. The third-order valence-electron chi connectivity index (χ3n) is 5.89. The number of fused-ring (bicyclic) bond motifs is 1. The van der Waals surface area contributed by atoms with Gasteiger partial charge in [0.25, 0.3) is 0 Å². The molecule has 4 N–H and O–H groups in total. The molecule has 11 heteroatoms. The molecule has 3 amide bonds. The smallest absolute Gasteiger partial charge is 0.410 e. The second-order valence-electron chi connectivity index (χ2n) is 8.10. The minimum absolute atomic E-state index is 0.0339. The van der Waals surface area contributed by atoms with Gasteiger partial charge in [-0.3, -0.25) is 9.59 Å². The van der Waals surface area contributed by atoms with Gasteiger partial charge in [-0.2, -0.15) is 0 Å². The number of likely N-dealkylation sites (tertiary alicyclic amines) is 1. The summed E-state index contributed by atoms with van der Waals surface area (Å²) in [6, 6.07) is -0.824. The maximum absolute atomic E-state index is 12.5. The summed E-state index contributed by atoms with van der Waals surface area (Å²) in [4.78, 5) is 51.5.